The lowest BCUT2D eigenvalue weighted by molar-refractivity contribution is -0.120. The summed E-state index contributed by atoms with van der Waals surface area (Å²) in [7, 11) is 0. The van der Waals surface area contributed by atoms with Crippen LogP contribution in [0, 0.1) is 5.41 Å². The maximum absolute atomic E-state index is 11.4. The topological polar surface area (TPSA) is 79.0 Å². The Labute approximate surface area is 103 Å². The van der Waals surface area contributed by atoms with Crippen LogP contribution in [0.4, 0.5) is 0 Å². The number of nitrogens with two attached hydrogens (primary N) is 1. The number of halogens is 1. The predicted octanol–water partition coefficient (Wildman–Crippen LogP) is 1.95. The molecule has 1 rings (SSSR count). The number of benzene rings is 1. The molecule has 0 saturated carbocycles. The van der Waals surface area contributed by atoms with Crippen LogP contribution in [0.3, 0.4) is 0 Å². The number of rotatable bonds is 4. The van der Waals surface area contributed by atoms with Crippen molar-refractivity contribution in [2.45, 2.75) is 19.4 Å². The summed E-state index contributed by atoms with van der Waals surface area (Å²) in [5.41, 5.74) is 6.15. The lowest BCUT2D eigenvalue weighted by Gasteiger charge is -2.14. The zero-order valence-electron chi connectivity index (χ0n) is 8.96. The number of amidine groups is 1. The van der Waals surface area contributed by atoms with Crippen molar-refractivity contribution in [3.63, 3.8) is 0 Å². The summed E-state index contributed by atoms with van der Waals surface area (Å²) in [6.45, 7) is 1.89. The van der Waals surface area contributed by atoms with E-state index in [1.54, 1.807) is 0 Å². The third-order valence-electron chi connectivity index (χ3n) is 2.08. The zero-order chi connectivity index (χ0) is 12.1. The van der Waals surface area contributed by atoms with Gasteiger partial charge in [0, 0.05) is 4.47 Å². The standard InChI is InChI=1S/C11H14BrN3O/c1-7(15-11(16)6-10(13)14)8-3-2-4-9(12)5-8/h2-5,7H,6H2,1H3,(H3,13,14)(H,15,16)/t7-/m1/s1. The molecule has 5 heteroatoms. The Morgan fingerprint density at radius 1 is 1.62 bits per heavy atom. The molecule has 0 aliphatic carbocycles. The van der Waals surface area contributed by atoms with Crippen molar-refractivity contribution < 1.29 is 4.79 Å². The van der Waals surface area contributed by atoms with Crippen LogP contribution >= 0.6 is 15.9 Å². The van der Waals surface area contributed by atoms with Gasteiger partial charge < -0.3 is 11.1 Å². The Bertz CT molecular complexity index is 406. The minimum Gasteiger partial charge on any atom is -0.387 e. The van der Waals surface area contributed by atoms with Gasteiger partial charge >= 0.3 is 0 Å². The average Bonchev–Trinajstić information content (AvgIpc) is 2.16. The number of nitrogens with one attached hydrogen (secondary N) is 2. The molecule has 86 valence electrons. The van der Waals surface area contributed by atoms with Crippen molar-refractivity contribution in [2.24, 2.45) is 5.73 Å². The van der Waals surface area contributed by atoms with Gasteiger partial charge in [0.25, 0.3) is 0 Å². The number of carbonyl (C=O) groups is 1. The highest BCUT2D eigenvalue weighted by atomic mass is 79.9. The molecule has 0 heterocycles. The van der Waals surface area contributed by atoms with E-state index in [4.69, 9.17) is 11.1 Å². The van der Waals surface area contributed by atoms with Crippen LogP contribution in [-0.4, -0.2) is 11.7 Å². The van der Waals surface area contributed by atoms with Crippen molar-refractivity contribution in [1.82, 2.24) is 5.32 Å². The molecule has 0 bridgehead atoms. The maximum Gasteiger partial charge on any atom is 0.228 e. The van der Waals surface area contributed by atoms with Gasteiger partial charge in [0.05, 0.1) is 18.3 Å². The van der Waals surface area contributed by atoms with E-state index < -0.39 is 0 Å². The van der Waals surface area contributed by atoms with Gasteiger partial charge in [-0.2, -0.15) is 0 Å². The largest absolute Gasteiger partial charge is 0.387 e. The van der Waals surface area contributed by atoms with E-state index in [1.807, 2.05) is 31.2 Å². The summed E-state index contributed by atoms with van der Waals surface area (Å²) >= 11 is 3.37. The molecule has 4 N–H and O–H groups in total. The molecule has 1 aromatic carbocycles. The SMILES string of the molecule is C[C@@H](NC(=O)CC(=N)N)c1cccc(Br)c1. The number of amides is 1. The third kappa shape index (κ3) is 4.02. The second-order valence-corrected chi connectivity index (χ2v) is 4.46. The molecule has 0 aliphatic heterocycles. The fraction of sp³-hybridized carbons (Fsp3) is 0.273. The van der Waals surface area contributed by atoms with Crippen LogP contribution in [0.2, 0.25) is 0 Å². The van der Waals surface area contributed by atoms with E-state index in [1.165, 1.54) is 0 Å². The van der Waals surface area contributed by atoms with Crippen molar-refractivity contribution in [3.05, 3.63) is 34.3 Å². The normalized spacial score (nSPS) is 11.9. The highest BCUT2D eigenvalue weighted by Crippen LogP contribution is 2.17. The van der Waals surface area contributed by atoms with Crippen molar-refractivity contribution in [1.29, 1.82) is 5.41 Å². The molecule has 4 nitrogen and oxygen atoms in total. The molecule has 0 fully saturated rings. The summed E-state index contributed by atoms with van der Waals surface area (Å²) in [5, 5.41) is 9.79. The lowest BCUT2D eigenvalue weighted by atomic mass is 10.1. The first kappa shape index (κ1) is 12.7. The van der Waals surface area contributed by atoms with Crippen molar-refractivity contribution in [2.75, 3.05) is 0 Å². The number of carbonyl (C=O) groups excluding carboxylic acids is 1. The van der Waals surface area contributed by atoms with Gasteiger partial charge in [-0.15, -0.1) is 0 Å². The Morgan fingerprint density at radius 2 is 2.31 bits per heavy atom. The molecule has 0 saturated heterocycles. The molecular weight excluding hydrogens is 270 g/mol. The number of hydrogen-bond acceptors (Lipinski definition) is 2. The second kappa shape index (κ2) is 5.65. The monoisotopic (exact) mass is 283 g/mol. The smallest absolute Gasteiger partial charge is 0.228 e. The van der Waals surface area contributed by atoms with Gasteiger partial charge in [-0.25, -0.2) is 0 Å². The van der Waals surface area contributed by atoms with Gasteiger partial charge in [-0.3, -0.25) is 10.2 Å². The molecule has 1 aromatic rings. The summed E-state index contributed by atoms with van der Waals surface area (Å²) in [4.78, 5) is 11.4. The first-order valence-corrected chi connectivity index (χ1v) is 5.66. The van der Waals surface area contributed by atoms with Gasteiger partial charge in [0.2, 0.25) is 5.91 Å². The molecular formula is C11H14BrN3O. The maximum atomic E-state index is 11.4. The van der Waals surface area contributed by atoms with E-state index in [0.29, 0.717) is 0 Å². The average molecular weight is 284 g/mol. The highest BCUT2D eigenvalue weighted by Gasteiger charge is 2.10. The van der Waals surface area contributed by atoms with Crippen LogP contribution in [0.15, 0.2) is 28.7 Å². The van der Waals surface area contributed by atoms with Crippen LogP contribution in [-0.2, 0) is 4.79 Å². The Balaban J connectivity index is 2.62. The van der Waals surface area contributed by atoms with E-state index in [0.717, 1.165) is 10.0 Å². The molecule has 16 heavy (non-hydrogen) atoms. The van der Waals surface area contributed by atoms with E-state index in [9.17, 15) is 4.79 Å². The molecule has 0 spiro atoms. The zero-order valence-corrected chi connectivity index (χ0v) is 10.5. The van der Waals surface area contributed by atoms with Crippen molar-refractivity contribution >= 4 is 27.7 Å². The lowest BCUT2D eigenvalue weighted by Crippen LogP contribution is -2.30. The summed E-state index contributed by atoms with van der Waals surface area (Å²) in [6.07, 6.45) is -0.0572. The molecule has 0 aromatic heterocycles. The molecule has 1 atom stereocenters. The molecule has 1 amide bonds. The van der Waals surface area contributed by atoms with Crippen LogP contribution in [0.1, 0.15) is 24.9 Å². The van der Waals surface area contributed by atoms with Gasteiger partial charge in [-0.1, -0.05) is 28.1 Å². The van der Waals surface area contributed by atoms with Crippen LogP contribution in [0.5, 0.6) is 0 Å². The van der Waals surface area contributed by atoms with E-state index >= 15 is 0 Å². The van der Waals surface area contributed by atoms with E-state index in [-0.39, 0.29) is 24.2 Å². The fourth-order valence-corrected chi connectivity index (χ4v) is 1.74. The van der Waals surface area contributed by atoms with Crippen LogP contribution < -0.4 is 11.1 Å². The minimum absolute atomic E-state index is 0.0572. The van der Waals surface area contributed by atoms with Gasteiger partial charge in [0.1, 0.15) is 0 Å². The third-order valence-corrected chi connectivity index (χ3v) is 2.57. The van der Waals surface area contributed by atoms with E-state index in [2.05, 4.69) is 21.2 Å². The minimum atomic E-state index is -0.236. The number of hydrogen-bond donors (Lipinski definition) is 3. The predicted molar refractivity (Wildman–Crippen MR) is 67.2 cm³/mol. The Kier molecular flexibility index (Phi) is 4.49. The fourth-order valence-electron chi connectivity index (χ4n) is 1.32. The van der Waals surface area contributed by atoms with Crippen molar-refractivity contribution in [3.8, 4) is 0 Å². The van der Waals surface area contributed by atoms with Gasteiger partial charge in [-0.05, 0) is 24.6 Å². The summed E-state index contributed by atoms with van der Waals surface area (Å²) < 4.78 is 0.970. The summed E-state index contributed by atoms with van der Waals surface area (Å²) in [5.74, 6) is -0.362. The summed E-state index contributed by atoms with van der Waals surface area (Å²) in [6, 6.07) is 7.62. The quantitative estimate of drug-likeness (QED) is 0.583. The first-order valence-electron chi connectivity index (χ1n) is 4.86. The van der Waals surface area contributed by atoms with Crippen LogP contribution in [0.25, 0.3) is 0 Å². The molecule has 0 radical (unpaired) electrons. The second-order valence-electron chi connectivity index (χ2n) is 3.55. The molecule has 0 unspecified atom stereocenters. The van der Waals surface area contributed by atoms with Gasteiger partial charge in [0.15, 0.2) is 0 Å². The Hall–Kier alpha value is -1.36. The Morgan fingerprint density at radius 3 is 2.88 bits per heavy atom. The molecule has 0 aliphatic rings. The highest BCUT2D eigenvalue weighted by molar-refractivity contribution is 9.10. The first-order chi connectivity index (χ1) is 7.49.